The summed E-state index contributed by atoms with van der Waals surface area (Å²) in [6, 6.07) is 5.97. The monoisotopic (exact) mass is 442 g/mol. The van der Waals surface area contributed by atoms with Crippen LogP contribution in [0.2, 0.25) is 5.02 Å². The Morgan fingerprint density at radius 1 is 1.21 bits per heavy atom. The molecule has 1 aromatic heterocycles. The summed E-state index contributed by atoms with van der Waals surface area (Å²) in [6.07, 6.45) is 1.36. The number of aromatic nitrogens is 1. The number of nitrogens with zero attached hydrogens (tertiary/aromatic N) is 3. The molecule has 0 amide bonds. The van der Waals surface area contributed by atoms with Gasteiger partial charge in [-0.2, -0.15) is 0 Å². The van der Waals surface area contributed by atoms with Crippen molar-refractivity contribution in [2.75, 3.05) is 35.8 Å². The van der Waals surface area contributed by atoms with Crippen molar-refractivity contribution in [2.24, 2.45) is 5.41 Å². The van der Waals surface area contributed by atoms with E-state index in [4.69, 9.17) is 11.6 Å². The number of hydrogen-bond acceptors (Lipinski definition) is 5. The van der Waals surface area contributed by atoms with Gasteiger partial charge in [0.15, 0.2) is 10.7 Å². The van der Waals surface area contributed by atoms with Crippen LogP contribution in [0.4, 0.5) is 20.3 Å². The minimum absolute atomic E-state index is 0.0455. The largest absolute Gasteiger partial charge is 0.369 e. The van der Waals surface area contributed by atoms with Crippen LogP contribution in [-0.2, 0) is 10.0 Å². The first-order chi connectivity index (χ1) is 13.6. The number of hydrogen-bond donors (Lipinski definition) is 1. The summed E-state index contributed by atoms with van der Waals surface area (Å²) >= 11 is 6.12. The molecule has 2 fully saturated rings. The average Bonchev–Trinajstić information content (AvgIpc) is 2.56. The Balaban J connectivity index is 1.56. The molecule has 29 heavy (non-hydrogen) atoms. The zero-order valence-corrected chi connectivity index (χ0v) is 17.6. The van der Waals surface area contributed by atoms with Crippen molar-refractivity contribution >= 4 is 33.1 Å². The van der Waals surface area contributed by atoms with E-state index < -0.39 is 31.6 Å². The fourth-order valence-electron chi connectivity index (χ4n) is 3.97. The highest BCUT2D eigenvalue weighted by Gasteiger charge is 2.52. The first kappa shape index (κ1) is 20.3. The van der Waals surface area contributed by atoms with Gasteiger partial charge in [-0.25, -0.2) is 22.2 Å². The molecular weight excluding hydrogens is 422 g/mol. The maximum atomic E-state index is 14.9. The van der Waals surface area contributed by atoms with Gasteiger partial charge < -0.3 is 4.90 Å². The highest BCUT2D eigenvalue weighted by atomic mass is 35.5. The number of nitrogens with one attached hydrogen (secondary N) is 1. The Morgan fingerprint density at radius 3 is 2.48 bits per heavy atom. The zero-order chi connectivity index (χ0) is 21.0. The number of sulfonamides is 1. The van der Waals surface area contributed by atoms with Gasteiger partial charge in [-0.3, -0.25) is 9.62 Å². The normalized spacial score (nSPS) is 18.6. The van der Waals surface area contributed by atoms with Gasteiger partial charge in [0.1, 0.15) is 16.7 Å². The van der Waals surface area contributed by atoms with Gasteiger partial charge in [0.25, 0.3) is 10.0 Å². The summed E-state index contributed by atoms with van der Waals surface area (Å²) in [6.45, 7) is 7.39. The van der Waals surface area contributed by atoms with Gasteiger partial charge in [-0.1, -0.05) is 17.7 Å². The molecule has 0 radical (unpaired) electrons. The van der Waals surface area contributed by atoms with Crippen LogP contribution in [0.3, 0.4) is 0 Å². The highest BCUT2D eigenvalue weighted by Crippen LogP contribution is 2.45. The fourth-order valence-corrected chi connectivity index (χ4v) is 5.44. The van der Waals surface area contributed by atoms with Crippen LogP contribution >= 0.6 is 11.6 Å². The number of pyridine rings is 1. The SMILES string of the molecule is CC(C)N1CC2(CN(c3cc(F)c(S(=O)(=O)Nc4ccccn4)c(F)c3Cl)C2)C1. The lowest BCUT2D eigenvalue weighted by atomic mass is 9.72. The van der Waals surface area contributed by atoms with Gasteiger partial charge in [0.2, 0.25) is 0 Å². The summed E-state index contributed by atoms with van der Waals surface area (Å²) < 4.78 is 56.6. The van der Waals surface area contributed by atoms with Crippen LogP contribution in [0.1, 0.15) is 13.8 Å². The molecule has 156 valence electrons. The van der Waals surface area contributed by atoms with Crippen LogP contribution in [0.25, 0.3) is 0 Å². The first-order valence-electron chi connectivity index (χ1n) is 9.22. The second-order valence-corrected chi connectivity index (χ2v) is 10.0. The molecule has 0 unspecified atom stereocenters. The Morgan fingerprint density at radius 2 is 1.90 bits per heavy atom. The van der Waals surface area contributed by atoms with Gasteiger partial charge in [-0.15, -0.1) is 0 Å². The third-order valence-electron chi connectivity index (χ3n) is 5.47. The Kier molecular flexibility index (Phi) is 4.95. The van der Waals surface area contributed by atoms with Crippen molar-refractivity contribution < 1.29 is 17.2 Å². The van der Waals surface area contributed by atoms with Crippen LogP contribution in [-0.4, -0.2) is 50.5 Å². The molecule has 10 heteroatoms. The molecule has 4 rings (SSSR count). The standard InChI is InChI=1S/C19H21ClF2N4O2S/c1-12(2)25-8-19(9-25)10-26(11-19)14-7-13(21)18(17(22)16(14)20)29(27,28)24-15-5-3-4-6-23-15/h3-7,12H,8-11H2,1-2H3,(H,23,24). The van der Waals surface area contributed by atoms with E-state index in [0.29, 0.717) is 19.1 Å². The van der Waals surface area contributed by atoms with E-state index >= 15 is 0 Å². The molecule has 1 aromatic carbocycles. The summed E-state index contributed by atoms with van der Waals surface area (Å²) in [5.41, 5.74) is 0.290. The second-order valence-electron chi connectivity index (χ2n) is 8.01. The number of benzene rings is 1. The fraction of sp³-hybridized carbons (Fsp3) is 0.421. The van der Waals surface area contributed by atoms with Crippen molar-refractivity contribution in [3.63, 3.8) is 0 Å². The van der Waals surface area contributed by atoms with E-state index in [1.807, 2.05) is 0 Å². The van der Waals surface area contributed by atoms with E-state index in [2.05, 4.69) is 28.5 Å². The van der Waals surface area contributed by atoms with Gasteiger partial charge in [0, 0.05) is 49.9 Å². The quantitative estimate of drug-likeness (QED) is 0.719. The van der Waals surface area contributed by atoms with Gasteiger partial charge in [0.05, 0.1) is 5.69 Å². The number of rotatable bonds is 5. The summed E-state index contributed by atoms with van der Waals surface area (Å²) in [5, 5.41) is -0.400. The Labute approximate surface area is 173 Å². The number of halogens is 3. The first-order valence-corrected chi connectivity index (χ1v) is 11.1. The molecule has 1 spiro atoms. The number of anilines is 2. The van der Waals surface area contributed by atoms with Crippen LogP contribution in [0.5, 0.6) is 0 Å². The minimum atomic E-state index is -4.53. The Hall–Kier alpha value is -1.97. The topological polar surface area (TPSA) is 65.5 Å². The molecule has 0 aliphatic carbocycles. The molecule has 2 aromatic rings. The maximum absolute atomic E-state index is 14.9. The van der Waals surface area contributed by atoms with E-state index in [-0.39, 0.29) is 16.9 Å². The second kappa shape index (κ2) is 7.07. The van der Waals surface area contributed by atoms with E-state index in [1.54, 1.807) is 17.0 Å². The lowest BCUT2D eigenvalue weighted by molar-refractivity contribution is -0.0411. The molecule has 6 nitrogen and oxygen atoms in total. The van der Waals surface area contributed by atoms with E-state index in [9.17, 15) is 17.2 Å². The van der Waals surface area contributed by atoms with Crippen molar-refractivity contribution in [1.82, 2.24) is 9.88 Å². The van der Waals surface area contributed by atoms with Gasteiger partial charge >= 0.3 is 0 Å². The molecule has 2 aliphatic rings. The smallest absolute Gasteiger partial charge is 0.268 e. The lowest BCUT2D eigenvalue weighted by Crippen LogP contribution is -2.73. The van der Waals surface area contributed by atoms with Gasteiger partial charge in [-0.05, 0) is 26.0 Å². The molecule has 0 saturated carbocycles. The molecule has 2 saturated heterocycles. The van der Waals surface area contributed by atoms with E-state index in [1.165, 1.54) is 12.3 Å². The van der Waals surface area contributed by atoms with E-state index in [0.717, 1.165) is 19.2 Å². The Bertz CT molecular complexity index is 1040. The summed E-state index contributed by atoms with van der Waals surface area (Å²) in [4.78, 5) is 6.82. The maximum Gasteiger partial charge on any atom is 0.268 e. The van der Waals surface area contributed by atoms with Crippen molar-refractivity contribution in [3.8, 4) is 0 Å². The zero-order valence-electron chi connectivity index (χ0n) is 16.0. The highest BCUT2D eigenvalue weighted by molar-refractivity contribution is 7.92. The van der Waals surface area contributed by atoms with Crippen molar-refractivity contribution in [1.29, 1.82) is 0 Å². The molecule has 1 N–H and O–H groups in total. The van der Waals surface area contributed by atoms with Crippen molar-refractivity contribution in [3.05, 3.63) is 47.1 Å². The molecule has 3 heterocycles. The summed E-state index contributed by atoms with van der Waals surface area (Å²) in [7, 11) is -4.53. The molecular formula is C19H21ClF2N4O2S. The van der Waals surface area contributed by atoms with Crippen molar-refractivity contribution in [2.45, 2.75) is 24.8 Å². The molecule has 0 atom stereocenters. The minimum Gasteiger partial charge on any atom is -0.369 e. The summed E-state index contributed by atoms with van der Waals surface area (Å²) in [5.74, 6) is -2.54. The molecule has 0 bridgehead atoms. The molecule has 2 aliphatic heterocycles. The predicted molar refractivity (Wildman–Crippen MR) is 108 cm³/mol. The van der Waals surface area contributed by atoms with Crippen LogP contribution < -0.4 is 9.62 Å². The average molecular weight is 443 g/mol. The van der Waals surface area contributed by atoms with Crippen LogP contribution in [0, 0.1) is 17.0 Å². The van der Waals surface area contributed by atoms with Crippen LogP contribution in [0.15, 0.2) is 35.4 Å². The number of likely N-dealkylation sites (tertiary alicyclic amines) is 1. The lowest BCUT2D eigenvalue weighted by Gasteiger charge is -2.62. The third-order valence-corrected chi connectivity index (χ3v) is 7.22. The predicted octanol–water partition coefficient (Wildman–Crippen LogP) is 3.34. The third kappa shape index (κ3) is 3.55.